The number of Topliss-reactive ketones (excluding diaryl/α,β-unsaturated/α-hetero) is 1. The van der Waals surface area contributed by atoms with Crippen LogP contribution in [0, 0.1) is 17.2 Å². The molecule has 2 aromatic rings. The lowest BCUT2D eigenvalue weighted by Crippen LogP contribution is -2.29. The highest BCUT2D eigenvalue weighted by atomic mass is 35.5. The summed E-state index contributed by atoms with van der Waals surface area (Å²) in [6, 6.07) is 15.3. The third kappa shape index (κ3) is 4.34. The number of halogens is 1. The molecule has 0 aliphatic heterocycles. The molecule has 0 radical (unpaired) electrons. The highest BCUT2D eigenvalue weighted by Gasteiger charge is 2.26. The predicted molar refractivity (Wildman–Crippen MR) is 90.9 cm³/mol. The van der Waals surface area contributed by atoms with Gasteiger partial charge in [0.2, 0.25) is 5.91 Å². The van der Waals surface area contributed by atoms with E-state index in [0.717, 1.165) is 0 Å². The Labute approximate surface area is 144 Å². The monoisotopic (exact) mass is 342 g/mol. The number of carbonyl (C=O) groups excluding carboxylic acids is 2. The summed E-state index contributed by atoms with van der Waals surface area (Å²) in [5.41, 5.74) is 1.03. The number of nitriles is 1. The molecule has 5 nitrogen and oxygen atoms in total. The summed E-state index contributed by atoms with van der Waals surface area (Å²) in [7, 11) is 1.52. The predicted octanol–water partition coefficient (Wildman–Crippen LogP) is 3.24. The van der Waals surface area contributed by atoms with E-state index in [1.165, 1.54) is 7.11 Å². The van der Waals surface area contributed by atoms with Crippen LogP contribution in [0.25, 0.3) is 0 Å². The molecule has 122 valence electrons. The minimum Gasteiger partial charge on any atom is -0.497 e. The third-order valence-electron chi connectivity index (χ3n) is 3.36. The zero-order valence-corrected chi connectivity index (χ0v) is 13.7. The van der Waals surface area contributed by atoms with Crippen molar-refractivity contribution in [3.63, 3.8) is 0 Å². The molecule has 1 amide bonds. The molecule has 1 N–H and O–H groups in total. The second-order valence-electron chi connectivity index (χ2n) is 5.03. The summed E-state index contributed by atoms with van der Waals surface area (Å²) >= 11 is 5.96. The number of ether oxygens (including phenoxy) is 1. The molecule has 0 saturated carbocycles. The number of ketones is 1. The van der Waals surface area contributed by atoms with E-state index >= 15 is 0 Å². The van der Waals surface area contributed by atoms with Crippen LogP contribution in [0.15, 0.2) is 48.5 Å². The molecule has 0 aliphatic carbocycles. The number of amides is 1. The van der Waals surface area contributed by atoms with Crippen LogP contribution in [0.1, 0.15) is 5.56 Å². The second kappa shape index (κ2) is 8.14. The van der Waals surface area contributed by atoms with Crippen molar-refractivity contribution in [1.29, 1.82) is 5.26 Å². The lowest BCUT2D eigenvalue weighted by molar-refractivity contribution is -0.128. The van der Waals surface area contributed by atoms with Gasteiger partial charge in [-0.1, -0.05) is 35.9 Å². The molecule has 0 aromatic heterocycles. The first-order chi connectivity index (χ1) is 11.5. The number of carbonyl (C=O) groups is 2. The standard InChI is InChI=1S/C18H15ClN2O3/c1-24-13-6-4-5-12(9-13)10-17(22)14(11-20)18(23)21-16-8-3-2-7-15(16)19/h2-9,14H,10H2,1H3,(H,21,23). The Morgan fingerprint density at radius 2 is 2.00 bits per heavy atom. The Balaban J connectivity index is 2.09. The van der Waals surface area contributed by atoms with E-state index in [9.17, 15) is 14.9 Å². The number of nitrogens with zero attached hydrogens (tertiary/aromatic N) is 1. The zero-order chi connectivity index (χ0) is 17.5. The lowest BCUT2D eigenvalue weighted by Gasteiger charge is -2.11. The van der Waals surface area contributed by atoms with Gasteiger partial charge in [0, 0.05) is 6.42 Å². The van der Waals surface area contributed by atoms with Gasteiger partial charge in [0.05, 0.1) is 23.9 Å². The molecule has 0 saturated heterocycles. The lowest BCUT2D eigenvalue weighted by atomic mass is 9.98. The van der Waals surface area contributed by atoms with E-state index < -0.39 is 17.6 Å². The highest BCUT2D eigenvalue weighted by molar-refractivity contribution is 6.33. The maximum Gasteiger partial charge on any atom is 0.249 e. The normalized spacial score (nSPS) is 11.2. The second-order valence-corrected chi connectivity index (χ2v) is 5.43. The van der Waals surface area contributed by atoms with E-state index in [-0.39, 0.29) is 6.42 Å². The van der Waals surface area contributed by atoms with Crippen molar-refractivity contribution in [2.45, 2.75) is 6.42 Å². The molecule has 0 bridgehead atoms. The van der Waals surface area contributed by atoms with Gasteiger partial charge in [-0.2, -0.15) is 5.26 Å². The molecule has 2 rings (SSSR count). The number of anilines is 1. The average Bonchev–Trinajstić information content (AvgIpc) is 2.57. The van der Waals surface area contributed by atoms with Crippen molar-refractivity contribution in [2.75, 3.05) is 12.4 Å². The van der Waals surface area contributed by atoms with Gasteiger partial charge >= 0.3 is 0 Å². The van der Waals surface area contributed by atoms with Crippen LogP contribution < -0.4 is 10.1 Å². The maximum absolute atomic E-state index is 12.3. The van der Waals surface area contributed by atoms with Crippen LogP contribution in [0.3, 0.4) is 0 Å². The summed E-state index contributed by atoms with van der Waals surface area (Å²) in [6.45, 7) is 0. The summed E-state index contributed by atoms with van der Waals surface area (Å²) < 4.78 is 5.09. The van der Waals surface area contributed by atoms with Crippen molar-refractivity contribution in [3.8, 4) is 11.8 Å². The van der Waals surface area contributed by atoms with E-state index in [1.54, 1.807) is 54.6 Å². The van der Waals surface area contributed by atoms with Gasteiger partial charge in [-0.3, -0.25) is 9.59 Å². The van der Waals surface area contributed by atoms with Crippen molar-refractivity contribution in [3.05, 3.63) is 59.1 Å². The van der Waals surface area contributed by atoms with Crippen molar-refractivity contribution >= 4 is 29.0 Å². The minimum atomic E-state index is -1.41. The summed E-state index contributed by atoms with van der Waals surface area (Å²) in [5.74, 6) is -1.99. The van der Waals surface area contributed by atoms with E-state index in [4.69, 9.17) is 16.3 Å². The van der Waals surface area contributed by atoms with Crippen LogP contribution in [0.4, 0.5) is 5.69 Å². The van der Waals surface area contributed by atoms with Gasteiger partial charge in [-0.15, -0.1) is 0 Å². The highest BCUT2D eigenvalue weighted by Crippen LogP contribution is 2.21. The topological polar surface area (TPSA) is 79.2 Å². The Morgan fingerprint density at radius 3 is 2.67 bits per heavy atom. The summed E-state index contributed by atoms with van der Waals surface area (Å²) in [5, 5.41) is 12.1. The molecular weight excluding hydrogens is 328 g/mol. The third-order valence-corrected chi connectivity index (χ3v) is 3.69. The first kappa shape index (κ1) is 17.5. The Morgan fingerprint density at radius 1 is 1.25 bits per heavy atom. The molecule has 24 heavy (non-hydrogen) atoms. The van der Waals surface area contributed by atoms with E-state index in [2.05, 4.69) is 5.32 Å². The fraction of sp³-hybridized carbons (Fsp3) is 0.167. The average molecular weight is 343 g/mol. The summed E-state index contributed by atoms with van der Waals surface area (Å²) in [6.07, 6.45) is -0.0363. The van der Waals surface area contributed by atoms with Crippen LogP contribution >= 0.6 is 11.6 Å². The molecule has 6 heteroatoms. The van der Waals surface area contributed by atoms with Gasteiger partial charge in [0.1, 0.15) is 5.75 Å². The molecule has 0 spiro atoms. The number of methoxy groups -OCH3 is 1. The smallest absolute Gasteiger partial charge is 0.249 e. The minimum absolute atomic E-state index is 0.0363. The first-order valence-electron chi connectivity index (χ1n) is 7.16. The molecule has 1 unspecified atom stereocenters. The fourth-order valence-electron chi connectivity index (χ4n) is 2.13. The Hall–Kier alpha value is -2.84. The van der Waals surface area contributed by atoms with Crippen LogP contribution in [-0.2, 0) is 16.0 Å². The number of rotatable bonds is 6. The first-order valence-corrected chi connectivity index (χ1v) is 7.53. The fourth-order valence-corrected chi connectivity index (χ4v) is 2.31. The van der Waals surface area contributed by atoms with E-state index in [0.29, 0.717) is 22.0 Å². The number of benzene rings is 2. The van der Waals surface area contributed by atoms with Gasteiger partial charge in [0.25, 0.3) is 0 Å². The summed E-state index contributed by atoms with van der Waals surface area (Å²) in [4.78, 5) is 24.5. The number of nitrogens with one attached hydrogen (secondary N) is 1. The van der Waals surface area contributed by atoms with Gasteiger partial charge < -0.3 is 10.1 Å². The Bertz CT molecular complexity index is 799. The maximum atomic E-state index is 12.3. The SMILES string of the molecule is COc1cccc(CC(=O)C(C#N)C(=O)Nc2ccccc2Cl)c1. The van der Waals surface area contributed by atoms with Crippen LogP contribution in [0.5, 0.6) is 5.75 Å². The molecule has 0 heterocycles. The molecule has 0 aliphatic rings. The number of hydrogen-bond acceptors (Lipinski definition) is 4. The zero-order valence-electron chi connectivity index (χ0n) is 13.0. The van der Waals surface area contributed by atoms with Gasteiger partial charge in [-0.05, 0) is 29.8 Å². The van der Waals surface area contributed by atoms with Crippen molar-refractivity contribution < 1.29 is 14.3 Å². The van der Waals surface area contributed by atoms with E-state index in [1.807, 2.05) is 0 Å². The number of para-hydroxylation sites is 1. The molecule has 2 aromatic carbocycles. The Kier molecular flexibility index (Phi) is 5.94. The molecule has 0 fully saturated rings. The van der Waals surface area contributed by atoms with Crippen molar-refractivity contribution in [2.24, 2.45) is 5.92 Å². The largest absolute Gasteiger partial charge is 0.497 e. The molecule has 1 atom stereocenters. The van der Waals surface area contributed by atoms with Crippen molar-refractivity contribution in [1.82, 2.24) is 0 Å². The van der Waals surface area contributed by atoms with Gasteiger partial charge in [0.15, 0.2) is 11.7 Å². The molecular formula is C18H15ClN2O3. The van der Waals surface area contributed by atoms with Gasteiger partial charge in [-0.25, -0.2) is 0 Å². The quantitative estimate of drug-likeness (QED) is 0.817. The van der Waals surface area contributed by atoms with Crippen LogP contribution in [-0.4, -0.2) is 18.8 Å². The number of hydrogen-bond donors (Lipinski definition) is 1. The van der Waals surface area contributed by atoms with Crippen LogP contribution in [0.2, 0.25) is 5.02 Å².